The van der Waals surface area contributed by atoms with Crippen LogP contribution < -0.4 is 16.8 Å². The van der Waals surface area contributed by atoms with E-state index in [-0.39, 0.29) is 5.56 Å². The van der Waals surface area contributed by atoms with Crippen molar-refractivity contribution in [3.05, 3.63) is 22.1 Å². The predicted molar refractivity (Wildman–Crippen MR) is 55.8 cm³/mol. The zero-order valence-corrected chi connectivity index (χ0v) is 8.50. The Bertz CT molecular complexity index is 345. The molecule has 1 aromatic rings. The minimum atomic E-state index is -0.174. The standard InChI is InChI=1S/C9H16N4O/c1-6(2)3-4-7-5-8(14)12-9(11-7)13-10/h5-6H,3-4,10H2,1-2H3,(H2,11,12,13,14). The molecule has 78 valence electrons. The Morgan fingerprint density at radius 2 is 2.36 bits per heavy atom. The lowest BCUT2D eigenvalue weighted by molar-refractivity contribution is 0.581. The largest absolute Gasteiger partial charge is 0.294 e. The van der Waals surface area contributed by atoms with Gasteiger partial charge in [-0.15, -0.1) is 0 Å². The van der Waals surface area contributed by atoms with E-state index in [9.17, 15) is 4.79 Å². The fraction of sp³-hybridized carbons (Fsp3) is 0.556. The summed E-state index contributed by atoms with van der Waals surface area (Å²) in [6.07, 6.45) is 1.82. The molecule has 0 atom stereocenters. The van der Waals surface area contributed by atoms with Crippen LogP contribution in [0.15, 0.2) is 10.9 Å². The Labute approximate surface area is 82.7 Å². The van der Waals surface area contributed by atoms with E-state index in [0.717, 1.165) is 18.5 Å². The molecule has 0 radical (unpaired) electrons. The molecule has 0 aliphatic heterocycles. The zero-order valence-electron chi connectivity index (χ0n) is 8.50. The molecule has 1 heterocycles. The topological polar surface area (TPSA) is 83.8 Å². The minimum Gasteiger partial charge on any atom is -0.294 e. The molecule has 0 saturated carbocycles. The number of rotatable bonds is 4. The van der Waals surface area contributed by atoms with E-state index in [2.05, 4.69) is 29.2 Å². The van der Waals surface area contributed by atoms with Crippen molar-refractivity contribution in [1.82, 2.24) is 9.97 Å². The van der Waals surface area contributed by atoms with Crippen LogP contribution in [0.1, 0.15) is 26.0 Å². The van der Waals surface area contributed by atoms with E-state index in [1.807, 2.05) is 0 Å². The third-order valence-electron chi connectivity index (χ3n) is 1.91. The second kappa shape index (κ2) is 4.76. The maximum absolute atomic E-state index is 11.1. The molecular formula is C9H16N4O. The smallest absolute Gasteiger partial charge is 0.252 e. The number of nitrogens with one attached hydrogen (secondary N) is 2. The van der Waals surface area contributed by atoms with E-state index in [1.165, 1.54) is 6.07 Å². The van der Waals surface area contributed by atoms with Gasteiger partial charge in [0, 0.05) is 11.8 Å². The number of aromatic nitrogens is 2. The molecule has 0 spiro atoms. The van der Waals surface area contributed by atoms with Gasteiger partial charge in [-0.2, -0.15) is 0 Å². The average Bonchev–Trinajstić information content (AvgIpc) is 2.14. The molecule has 0 aliphatic rings. The highest BCUT2D eigenvalue weighted by atomic mass is 16.1. The first kappa shape index (κ1) is 10.7. The number of hydrogen-bond acceptors (Lipinski definition) is 4. The van der Waals surface area contributed by atoms with Crippen LogP contribution in [0.4, 0.5) is 5.95 Å². The van der Waals surface area contributed by atoms with Crippen molar-refractivity contribution < 1.29 is 0 Å². The van der Waals surface area contributed by atoms with Gasteiger partial charge in [0.15, 0.2) is 0 Å². The molecule has 0 unspecified atom stereocenters. The first-order valence-electron chi connectivity index (χ1n) is 4.68. The van der Waals surface area contributed by atoms with Gasteiger partial charge in [-0.25, -0.2) is 10.8 Å². The summed E-state index contributed by atoms with van der Waals surface area (Å²) in [5.74, 6) is 6.08. The van der Waals surface area contributed by atoms with Crippen molar-refractivity contribution in [3.8, 4) is 0 Å². The van der Waals surface area contributed by atoms with Crippen LogP contribution in [-0.2, 0) is 6.42 Å². The van der Waals surface area contributed by atoms with Crippen LogP contribution in [0.2, 0.25) is 0 Å². The highest BCUT2D eigenvalue weighted by Crippen LogP contribution is 2.06. The van der Waals surface area contributed by atoms with Crippen molar-refractivity contribution in [1.29, 1.82) is 0 Å². The van der Waals surface area contributed by atoms with Gasteiger partial charge >= 0.3 is 0 Å². The molecule has 0 saturated heterocycles. The van der Waals surface area contributed by atoms with Gasteiger partial charge in [-0.05, 0) is 18.8 Å². The van der Waals surface area contributed by atoms with Gasteiger partial charge in [0.2, 0.25) is 5.95 Å². The normalized spacial score (nSPS) is 10.6. The molecule has 0 bridgehead atoms. The number of aromatic amines is 1. The van der Waals surface area contributed by atoms with E-state index < -0.39 is 0 Å². The first-order chi connectivity index (χ1) is 6.61. The summed E-state index contributed by atoms with van der Waals surface area (Å²) in [5.41, 5.74) is 2.93. The SMILES string of the molecule is CC(C)CCc1cc(=O)[nH]c(NN)n1. The Morgan fingerprint density at radius 1 is 1.64 bits per heavy atom. The third kappa shape index (κ3) is 3.18. The summed E-state index contributed by atoms with van der Waals surface area (Å²) >= 11 is 0. The summed E-state index contributed by atoms with van der Waals surface area (Å²) in [4.78, 5) is 17.7. The molecule has 0 aliphatic carbocycles. The van der Waals surface area contributed by atoms with Crippen molar-refractivity contribution >= 4 is 5.95 Å². The zero-order chi connectivity index (χ0) is 10.6. The highest BCUT2D eigenvalue weighted by Gasteiger charge is 2.01. The Kier molecular flexibility index (Phi) is 3.64. The fourth-order valence-electron chi connectivity index (χ4n) is 1.14. The number of hydrogen-bond donors (Lipinski definition) is 3. The van der Waals surface area contributed by atoms with Crippen LogP contribution in [-0.4, -0.2) is 9.97 Å². The van der Waals surface area contributed by atoms with Gasteiger partial charge in [-0.1, -0.05) is 13.8 Å². The van der Waals surface area contributed by atoms with Crippen molar-refractivity contribution in [2.24, 2.45) is 11.8 Å². The van der Waals surface area contributed by atoms with E-state index in [4.69, 9.17) is 5.84 Å². The number of aryl methyl sites for hydroxylation is 1. The number of nitrogens with two attached hydrogens (primary N) is 1. The maximum Gasteiger partial charge on any atom is 0.252 e. The Morgan fingerprint density at radius 3 is 2.93 bits per heavy atom. The first-order valence-corrected chi connectivity index (χ1v) is 4.68. The summed E-state index contributed by atoms with van der Waals surface area (Å²) in [5, 5.41) is 0. The van der Waals surface area contributed by atoms with Crippen LogP contribution in [0, 0.1) is 5.92 Å². The Balaban J connectivity index is 2.76. The lowest BCUT2D eigenvalue weighted by Crippen LogP contribution is -2.17. The van der Waals surface area contributed by atoms with Gasteiger partial charge < -0.3 is 0 Å². The average molecular weight is 196 g/mol. The number of hydrazine groups is 1. The molecule has 5 heteroatoms. The van der Waals surface area contributed by atoms with Crippen molar-refractivity contribution in [3.63, 3.8) is 0 Å². The van der Waals surface area contributed by atoms with Gasteiger partial charge in [0.25, 0.3) is 5.56 Å². The van der Waals surface area contributed by atoms with Crippen LogP contribution in [0.5, 0.6) is 0 Å². The van der Waals surface area contributed by atoms with E-state index >= 15 is 0 Å². The lowest BCUT2D eigenvalue weighted by atomic mass is 10.1. The van der Waals surface area contributed by atoms with Gasteiger partial charge in [-0.3, -0.25) is 15.2 Å². The lowest BCUT2D eigenvalue weighted by Gasteiger charge is -2.05. The van der Waals surface area contributed by atoms with E-state index in [0.29, 0.717) is 11.9 Å². The number of nitrogen functional groups attached to an aromatic ring is 1. The minimum absolute atomic E-state index is 0.174. The highest BCUT2D eigenvalue weighted by molar-refractivity contribution is 5.22. The summed E-state index contributed by atoms with van der Waals surface area (Å²) in [6.45, 7) is 4.27. The van der Waals surface area contributed by atoms with Crippen molar-refractivity contribution in [2.75, 3.05) is 5.43 Å². The molecule has 1 aromatic heterocycles. The van der Waals surface area contributed by atoms with Gasteiger partial charge in [0.05, 0.1) is 0 Å². The predicted octanol–water partition coefficient (Wildman–Crippen LogP) is 0.644. The number of nitrogens with zero attached hydrogens (tertiary/aromatic N) is 1. The van der Waals surface area contributed by atoms with Gasteiger partial charge in [0.1, 0.15) is 0 Å². The molecule has 0 aromatic carbocycles. The fourth-order valence-corrected chi connectivity index (χ4v) is 1.14. The van der Waals surface area contributed by atoms with E-state index in [1.54, 1.807) is 0 Å². The molecule has 0 fully saturated rings. The monoisotopic (exact) mass is 196 g/mol. The number of H-pyrrole nitrogens is 1. The van der Waals surface area contributed by atoms with Crippen LogP contribution in [0.25, 0.3) is 0 Å². The quantitative estimate of drug-likeness (QED) is 0.487. The number of anilines is 1. The van der Waals surface area contributed by atoms with Crippen LogP contribution in [0.3, 0.4) is 0 Å². The maximum atomic E-state index is 11.1. The summed E-state index contributed by atoms with van der Waals surface area (Å²) in [7, 11) is 0. The van der Waals surface area contributed by atoms with Crippen molar-refractivity contribution in [2.45, 2.75) is 26.7 Å². The second-order valence-corrected chi connectivity index (χ2v) is 3.66. The Hall–Kier alpha value is -1.36. The second-order valence-electron chi connectivity index (χ2n) is 3.66. The molecule has 14 heavy (non-hydrogen) atoms. The van der Waals surface area contributed by atoms with Crippen LogP contribution >= 0.6 is 0 Å². The molecule has 5 nitrogen and oxygen atoms in total. The molecule has 0 amide bonds. The molecule has 4 N–H and O–H groups in total. The third-order valence-corrected chi connectivity index (χ3v) is 1.91. The summed E-state index contributed by atoms with van der Waals surface area (Å²) < 4.78 is 0. The molecular weight excluding hydrogens is 180 g/mol. The molecule has 1 rings (SSSR count). The summed E-state index contributed by atoms with van der Waals surface area (Å²) in [6, 6.07) is 1.50.